The molecule has 0 aliphatic rings. The van der Waals surface area contributed by atoms with Crippen molar-refractivity contribution >= 4 is 52.5 Å². The number of thioether (sulfide) groups is 1. The van der Waals surface area contributed by atoms with Gasteiger partial charge in [-0.1, -0.05) is 65.3 Å². The van der Waals surface area contributed by atoms with E-state index in [0.717, 1.165) is 5.56 Å². The predicted molar refractivity (Wildman–Crippen MR) is 119 cm³/mol. The van der Waals surface area contributed by atoms with Gasteiger partial charge in [-0.25, -0.2) is 0 Å². The second-order valence-corrected chi connectivity index (χ2v) is 8.12. The van der Waals surface area contributed by atoms with Gasteiger partial charge in [0.1, 0.15) is 0 Å². The molecule has 3 aromatic rings. The summed E-state index contributed by atoms with van der Waals surface area (Å²) in [5.74, 6) is 0.439. The van der Waals surface area contributed by atoms with Crippen LogP contribution in [0.5, 0.6) is 0 Å². The Morgan fingerprint density at radius 3 is 2.53 bits per heavy atom. The van der Waals surface area contributed by atoms with Gasteiger partial charge in [0.25, 0.3) is 0 Å². The van der Waals surface area contributed by atoms with Crippen LogP contribution in [-0.4, -0.2) is 32.3 Å². The second kappa shape index (κ2) is 10.5. The van der Waals surface area contributed by atoms with Gasteiger partial charge < -0.3 is 15.2 Å². The third-order valence-corrected chi connectivity index (χ3v) is 5.87. The van der Waals surface area contributed by atoms with Crippen LogP contribution in [-0.2, 0) is 29.6 Å². The first-order valence-corrected chi connectivity index (χ1v) is 10.7. The van der Waals surface area contributed by atoms with E-state index in [1.807, 2.05) is 30.3 Å². The number of amides is 2. The fraction of sp³-hybridized carbons (Fsp3) is 0.200. The lowest BCUT2D eigenvalue weighted by Gasteiger charge is -2.07. The van der Waals surface area contributed by atoms with E-state index in [2.05, 4.69) is 20.8 Å². The molecule has 10 heteroatoms. The first kappa shape index (κ1) is 22.1. The number of benzene rings is 2. The standard InChI is InChI=1S/C20H19Cl2N5O2S/c1-27-17(11-23-18(28)9-13-5-3-2-4-6-13)25-26-20(27)30-12-19(29)24-14-7-8-15(21)16(22)10-14/h2-8,10H,9,11-12H2,1H3,(H,23,28)(H,24,29). The molecule has 0 aliphatic carbocycles. The highest BCUT2D eigenvalue weighted by molar-refractivity contribution is 7.99. The zero-order valence-corrected chi connectivity index (χ0v) is 18.4. The molecule has 7 nitrogen and oxygen atoms in total. The largest absolute Gasteiger partial charge is 0.349 e. The van der Waals surface area contributed by atoms with Crippen molar-refractivity contribution in [1.29, 1.82) is 0 Å². The van der Waals surface area contributed by atoms with E-state index in [1.54, 1.807) is 29.8 Å². The van der Waals surface area contributed by atoms with Gasteiger partial charge in [0.2, 0.25) is 11.8 Å². The van der Waals surface area contributed by atoms with Gasteiger partial charge in [0.15, 0.2) is 11.0 Å². The molecule has 2 amide bonds. The molecule has 0 spiro atoms. The summed E-state index contributed by atoms with van der Waals surface area (Å²) in [6, 6.07) is 14.4. The maximum absolute atomic E-state index is 12.2. The van der Waals surface area contributed by atoms with Crippen LogP contribution in [0.2, 0.25) is 10.0 Å². The number of nitrogens with zero attached hydrogens (tertiary/aromatic N) is 3. The topological polar surface area (TPSA) is 88.9 Å². The van der Waals surface area contributed by atoms with Crippen LogP contribution in [0.4, 0.5) is 5.69 Å². The number of anilines is 1. The summed E-state index contributed by atoms with van der Waals surface area (Å²) >= 11 is 13.1. The highest BCUT2D eigenvalue weighted by atomic mass is 35.5. The number of carbonyl (C=O) groups excluding carboxylic acids is 2. The lowest BCUT2D eigenvalue weighted by Crippen LogP contribution is -2.26. The Morgan fingerprint density at radius 1 is 1.03 bits per heavy atom. The minimum absolute atomic E-state index is 0.0978. The van der Waals surface area contributed by atoms with E-state index >= 15 is 0 Å². The highest BCUT2D eigenvalue weighted by Crippen LogP contribution is 2.25. The van der Waals surface area contributed by atoms with Crippen LogP contribution < -0.4 is 10.6 Å². The quantitative estimate of drug-likeness (QED) is 0.497. The molecule has 0 fully saturated rings. The van der Waals surface area contributed by atoms with E-state index in [0.29, 0.717) is 33.1 Å². The van der Waals surface area contributed by atoms with Crippen molar-refractivity contribution in [3.63, 3.8) is 0 Å². The molecular weight excluding hydrogens is 445 g/mol. The van der Waals surface area contributed by atoms with Crippen molar-refractivity contribution in [3.8, 4) is 0 Å². The SMILES string of the molecule is Cn1c(CNC(=O)Cc2ccccc2)nnc1SCC(=O)Nc1ccc(Cl)c(Cl)c1. The van der Waals surface area contributed by atoms with Crippen LogP contribution in [0.3, 0.4) is 0 Å². The molecule has 3 rings (SSSR count). The van der Waals surface area contributed by atoms with Crippen LogP contribution in [0.15, 0.2) is 53.7 Å². The van der Waals surface area contributed by atoms with Gasteiger partial charge >= 0.3 is 0 Å². The third kappa shape index (κ3) is 6.22. The second-order valence-electron chi connectivity index (χ2n) is 6.36. The maximum Gasteiger partial charge on any atom is 0.234 e. The van der Waals surface area contributed by atoms with Crippen LogP contribution in [0.25, 0.3) is 0 Å². The molecule has 0 saturated heterocycles. The number of hydrogen-bond acceptors (Lipinski definition) is 5. The monoisotopic (exact) mass is 463 g/mol. The Labute approximate surface area is 188 Å². The molecule has 0 aliphatic heterocycles. The highest BCUT2D eigenvalue weighted by Gasteiger charge is 2.13. The van der Waals surface area contributed by atoms with Crippen molar-refractivity contribution in [3.05, 3.63) is 70.0 Å². The molecule has 0 bridgehead atoms. The lowest BCUT2D eigenvalue weighted by atomic mass is 10.1. The molecule has 30 heavy (non-hydrogen) atoms. The molecule has 156 valence electrons. The van der Waals surface area contributed by atoms with E-state index in [1.165, 1.54) is 11.8 Å². The van der Waals surface area contributed by atoms with E-state index < -0.39 is 0 Å². The summed E-state index contributed by atoms with van der Waals surface area (Å²) in [5.41, 5.74) is 1.51. The van der Waals surface area contributed by atoms with E-state index in [4.69, 9.17) is 23.2 Å². The van der Waals surface area contributed by atoms with Crippen molar-refractivity contribution < 1.29 is 9.59 Å². The molecule has 1 aromatic heterocycles. The van der Waals surface area contributed by atoms with Gasteiger partial charge in [-0.3, -0.25) is 9.59 Å². The number of halogens is 2. The van der Waals surface area contributed by atoms with Gasteiger partial charge in [0.05, 0.1) is 28.8 Å². The van der Waals surface area contributed by atoms with Crippen molar-refractivity contribution in [2.24, 2.45) is 7.05 Å². The Kier molecular flexibility index (Phi) is 7.73. The number of nitrogens with one attached hydrogen (secondary N) is 2. The average molecular weight is 464 g/mol. The molecular formula is C20H19Cl2N5O2S. The third-order valence-electron chi connectivity index (χ3n) is 4.11. The van der Waals surface area contributed by atoms with Gasteiger partial charge in [-0.2, -0.15) is 0 Å². The number of rotatable bonds is 8. The van der Waals surface area contributed by atoms with Crippen LogP contribution >= 0.6 is 35.0 Å². The summed E-state index contributed by atoms with van der Waals surface area (Å²) in [4.78, 5) is 24.3. The Balaban J connectivity index is 1.48. The Morgan fingerprint density at radius 2 is 1.80 bits per heavy atom. The minimum atomic E-state index is -0.209. The van der Waals surface area contributed by atoms with Crippen molar-refractivity contribution in [2.75, 3.05) is 11.1 Å². The first-order chi connectivity index (χ1) is 14.4. The fourth-order valence-corrected chi connectivity index (χ4v) is 3.58. The summed E-state index contributed by atoms with van der Waals surface area (Å²) < 4.78 is 1.75. The molecule has 2 aromatic carbocycles. The van der Waals surface area contributed by atoms with Gasteiger partial charge in [0, 0.05) is 12.7 Å². The van der Waals surface area contributed by atoms with Crippen LogP contribution in [0.1, 0.15) is 11.4 Å². The predicted octanol–water partition coefficient (Wildman–Crippen LogP) is 3.71. The normalized spacial score (nSPS) is 10.6. The molecule has 0 atom stereocenters. The smallest absolute Gasteiger partial charge is 0.234 e. The number of hydrogen-bond donors (Lipinski definition) is 2. The molecule has 0 unspecified atom stereocenters. The van der Waals surface area contributed by atoms with Gasteiger partial charge in [-0.05, 0) is 23.8 Å². The van der Waals surface area contributed by atoms with E-state index in [-0.39, 0.29) is 24.1 Å². The van der Waals surface area contributed by atoms with E-state index in [9.17, 15) is 9.59 Å². The number of aromatic nitrogens is 3. The zero-order valence-electron chi connectivity index (χ0n) is 16.1. The summed E-state index contributed by atoms with van der Waals surface area (Å²) in [6.07, 6.45) is 0.301. The van der Waals surface area contributed by atoms with Crippen LogP contribution in [0, 0.1) is 0 Å². The Bertz CT molecular complexity index is 1040. The lowest BCUT2D eigenvalue weighted by molar-refractivity contribution is -0.120. The molecule has 0 radical (unpaired) electrons. The van der Waals surface area contributed by atoms with Crippen molar-refractivity contribution in [1.82, 2.24) is 20.1 Å². The molecule has 0 saturated carbocycles. The number of carbonyl (C=O) groups is 2. The molecule has 1 heterocycles. The maximum atomic E-state index is 12.2. The zero-order chi connectivity index (χ0) is 21.5. The van der Waals surface area contributed by atoms with Gasteiger partial charge in [-0.15, -0.1) is 10.2 Å². The molecule has 2 N–H and O–H groups in total. The first-order valence-electron chi connectivity index (χ1n) is 8.99. The average Bonchev–Trinajstić information content (AvgIpc) is 3.08. The minimum Gasteiger partial charge on any atom is -0.349 e. The summed E-state index contributed by atoms with van der Waals surface area (Å²) in [5, 5.41) is 15.1. The summed E-state index contributed by atoms with van der Waals surface area (Å²) in [6.45, 7) is 0.255. The Hall–Kier alpha value is -2.55. The fourth-order valence-electron chi connectivity index (χ4n) is 2.55. The van der Waals surface area contributed by atoms with Crippen molar-refractivity contribution in [2.45, 2.75) is 18.1 Å². The summed E-state index contributed by atoms with van der Waals surface area (Å²) in [7, 11) is 1.79.